The first kappa shape index (κ1) is 14.0. The number of benzene rings is 1. The molecule has 0 saturated heterocycles. The molecule has 0 unspecified atom stereocenters. The fraction of sp³-hybridized carbons (Fsp3) is 0.200. The number of rotatable bonds is 2. The molecule has 108 valence electrons. The molecule has 6 heteroatoms. The van der Waals surface area contributed by atoms with Crippen LogP contribution in [0.4, 0.5) is 5.69 Å². The molecule has 0 aliphatic carbocycles. The van der Waals surface area contributed by atoms with Crippen molar-refractivity contribution >= 4 is 39.5 Å². The van der Waals surface area contributed by atoms with E-state index in [1.807, 2.05) is 55.6 Å². The zero-order valence-corrected chi connectivity index (χ0v) is 13.6. The summed E-state index contributed by atoms with van der Waals surface area (Å²) in [4.78, 5) is 18.6. The van der Waals surface area contributed by atoms with Crippen LogP contribution in [0.1, 0.15) is 5.56 Å². The van der Waals surface area contributed by atoms with E-state index in [1.54, 1.807) is 4.57 Å². The normalized spacial score (nSPS) is 11.0. The predicted octanol–water partition coefficient (Wildman–Crippen LogP) is 3.48. The Morgan fingerprint density at radius 3 is 2.76 bits per heavy atom. The number of hydrogen-bond donors (Lipinski definition) is 1. The third kappa shape index (κ3) is 2.30. The van der Waals surface area contributed by atoms with Gasteiger partial charge in [0.05, 0.1) is 11.1 Å². The lowest BCUT2D eigenvalue weighted by Crippen LogP contribution is -2.20. The second-order valence-corrected chi connectivity index (χ2v) is 6.40. The topological polar surface area (TPSA) is 41.0 Å². The number of aryl methyl sites for hydroxylation is 1. The van der Waals surface area contributed by atoms with Crippen molar-refractivity contribution in [3.63, 3.8) is 0 Å². The van der Waals surface area contributed by atoms with Gasteiger partial charge in [-0.05, 0) is 48.3 Å². The first-order valence-electron chi connectivity index (χ1n) is 6.50. The van der Waals surface area contributed by atoms with E-state index >= 15 is 0 Å². The molecule has 1 N–H and O–H groups in total. The van der Waals surface area contributed by atoms with Gasteiger partial charge in [0, 0.05) is 19.8 Å². The average Bonchev–Trinajstić information content (AvgIpc) is 2.88. The van der Waals surface area contributed by atoms with E-state index in [0.717, 1.165) is 21.8 Å². The van der Waals surface area contributed by atoms with Gasteiger partial charge in [0.2, 0.25) is 0 Å². The third-order valence-electron chi connectivity index (χ3n) is 3.46. The lowest BCUT2D eigenvalue weighted by atomic mass is 10.1. The summed E-state index contributed by atoms with van der Waals surface area (Å²) in [6.07, 6.45) is 0. The highest BCUT2D eigenvalue weighted by atomic mass is 32.1. The first-order valence-corrected chi connectivity index (χ1v) is 7.78. The van der Waals surface area contributed by atoms with E-state index in [4.69, 9.17) is 12.2 Å². The Hall–Kier alpha value is -1.92. The van der Waals surface area contributed by atoms with E-state index in [2.05, 4.69) is 4.98 Å². The van der Waals surface area contributed by atoms with Crippen LogP contribution in [-0.2, 0) is 0 Å². The monoisotopic (exact) mass is 317 g/mol. The Labute approximate surface area is 131 Å². The molecule has 1 aromatic carbocycles. The molecule has 3 rings (SSSR count). The van der Waals surface area contributed by atoms with E-state index in [-0.39, 0.29) is 5.56 Å². The van der Waals surface area contributed by atoms with Crippen molar-refractivity contribution < 1.29 is 0 Å². The molecule has 0 saturated carbocycles. The van der Waals surface area contributed by atoms with Gasteiger partial charge in [0.15, 0.2) is 4.77 Å². The fourth-order valence-corrected chi connectivity index (χ4v) is 3.53. The molecule has 2 aromatic heterocycles. The van der Waals surface area contributed by atoms with Gasteiger partial charge >= 0.3 is 0 Å². The molecule has 21 heavy (non-hydrogen) atoms. The van der Waals surface area contributed by atoms with Gasteiger partial charge in [-0.25, -0.2) is 0 Å². The zero-order chi connectivity index (χ0) is 15.1. The number of H-pyrrole nitrogens is 1. The Morgan fingerprint density at radius 1 is 1.29 bits per heavy atom. The van der Waals surface area contributed by atoms with Gasteiger partial charge in [0.1, 0.15) is 4.83 Å². The quantitative estimate of drug-likeness (QED) is 0.736. The Morgan fingerprint density at radius 2 is 2.05 bits per heavy atom. The van der Waals surface area contributed by atoms with Crippen molar-refractivity contribution in [1.82, 2.24) is 9.55 Å². The number of nitrogens with one attached hydrogen (secondary N) is 1. The maximum absolute atomic E-state index is 12.6. The average molecular weight is 317 g/mol. The highest BCUT2D eigenvalue weighted by Crippen LogP contribution is 2.22. The maximum Gasteiger partial charge on any atom is 0.267 e. The summed E-state index contributed by atoms with van der Waals surface area (Å²) >= 11 is 6.84. The molecule has 0 aliphatic heterocycles. The molecule has 0 fully saturated rings. The molecule has 0 radical (unpaired) electrons. The lowest BCUT2D eigenvalue weighted by molar-refractivity contribution is 0.939. The number of aromatic nitrogens is 2. The number of anilines is 1. The Kier molecular flexibility index (Phi) is 3.43. The third-order valence-corrected chi connectivity index (χ3v) is 4.57. The summed E-state index contributed by atoms with van der Waals surface area (Å²) in [7, 11) is 3.97. The van der Waals surface area contributed by atoms with Crippen molar-refractivity contribution in [2.45, 2.75) is 6.92 Å². The molecule has 0 amide bonds. The second kappa shape index (κ2) is 5.13. The van der Waals surface area contributed by atoms with Crippen LogP contribution in [0.3, 0.4) is 0 Å². The summed E-state index contributed by atoms with van der Waals surface area (Å²) in [5.41, 5.74) is 2.93. The van der Waals surface area contributed by atoms with Gasteiger partial charge in [-0.1, -0.05) is 6.07 Å². The molecule has 0 atom stereocenters. The molecule has 3 aromatic rings. The summed E-state index contributed by atoms with van der Waals surface area (Å²) in [6.45, 7) is 2.05. The molecule has 4 nitrogen and oxygen atoms in total. The molecule has 0 bridgehead atoms. The molecule has 0 spiro atoms. The predicted molar refractivity (Wildman–Crippen MR) is 91.7 cm³/mol. The van der Waals surface area contributed by atoms with Gasteiger partial charge in [-0.15, -0.1) is 11.3 Å². The van der Waals surface area contributed by atoms with Crippen LogP contribution >= 0.6 is 23.6 Å². The smallest absolute Gasteiger partial charge is 0.267 e. The minimum atomic E-state index is -0.0800. The minimum Gasteiger partial charge on any atom is -0.377 e. The molecule has 2 heterocycles. The second-order valence-electron chi connectivity index (χ2n) is 5.10. The Bertz CT molecular complexity index is 934. The van der Waals surface area contributed by atoms with Crippen LogP contribution in [0.15, 0.2) is 34.4 Å². The van der Waals surface area contributed by atoms with E-state index in [1.165, 1.54) is 11.3 Å². The summed E-state index contributed by atoms with van der Waals surface area (Å²) < 4.78 is 1.97. The van der Waals surface area contributed by atoms with Gasteiger partial charge < -0.3 is 9.88 Å². The molecule has 0 aliphatic rings. The van der Waals surface area contributed by atoms with Crippen LogP contribution in [0.2, 0.25) is 0 Å². The van der Waals surface area contributed by atoms with Crippen LogP contribution in [0.25, 0.3) is 15.9 Å². The SMILES string of the molecule is Cc1ccc(-n2c(=S)[nH]c3sccc3c2=O)cc1N(C)C. The van der Waals surface area contributed by atoms with Gasteiger partial charge in [-0.2, -0.15) is 0 Å². The maximum atomic E-state index is 12.6. The number of aromatic amines is 1. The number of nitrogens with zero attached hydrogens (tertiary/aromatic N) is 2. The van der Waals surface area contributed by atoms with E-state index in [0.29, 0.717) is 10.2 Å². The van der Waals surface area contributed by atoms with Crippen molar-refractivity contribution in [3.05, 3.63) is 50.3 Å². The minimum absolute atomic E-state index is 0.0800. The first-order chi connectivity index (χ1) is 9.99. The molecular weight excluding hydrogens is 302 g/mol. The van der Waals surface area contributed by atoms with Crippen molar-refractivity contribution in [1.29, 1.82) is 0 Å². The molecular formula is C15H15N3OS2. The highest BCUT2D eigenvalue weighted by Gasteiger charge is 2.10. The highest BCUT2D eigenvalue weighted by molar-refractivity contribution is 7.71. The largest absolute Gasteiger partial charge is 0.377 e. The summed E-state index contributed by atoms with van der Waals surface area (Å²) in [6, 6.07) is 7.74. The standard InChI is InChI=1S/C15H15N3OS2/c1-9-4-5-10(8-12(9)17(2)3)18-14(19)11-6-7-21-13(11)16-15(18)20/h4-8H,1-3H3,(H,16,20). The fourth-order valence-electron chi connectivity index (χ4n) is 2.39. The van der Waals surface area contributed by atoms with Gasteiger partial charge in [-0.3, -0.25) is 9.36 Å². The van der Waals surface area contributed by atoms with Crippen LogP contribution in [-0.4, -0.2) is 23.6 Å². The van der Waals surface area contributed by atoms with Crippen molar-refractivity contribution in [2.24, 2.45) is 0 Å². The van der Waals surface area contributed by atoms with E-state index < -0.39 is 0 Å². The van der Waals surface area contributed by atoms with E-state index in [9.17, 15) is 4.79 Å². The van der Waals surface area contributed by atoms with Crippen LogP contribution in [0, 0.1) is 11.7 Å². The van der Waals surface area contributed by atoms with Gasteiger partial charge in [0.25, 0.3) is 5.56 Å². The summed E-state index contributed by atoms with van der Waals surface area (Å²) in [5, 5.41) is 2.56. The van der Waals surface area contributed by atoms with Crippen LogP contribution < -0.4 is 10.5 Å². The van der Waals surface area contributed by atoms with Crippen LogP contribution in [0.5, 0.6) is 0 Å². The van der Waals surface area contributed by atoms with Crippen molar-refractivity contribution in [2.75, 3.05) is 19.0 Å². The number of hydrogen-bond acceptors (Lipinski definition) is 4. The number of fused-ring (bicyclic) bond motifs is 1. The zero-order valence-electron chi connectivity index (χ0n) is 12.0. The Balaban J connectivity index is 2.33. The lowest BCUT2D eigenvalue weighted by Gasteiger charge is -2.17. The number of thiophene rings is 1. The summed E-state index contributed by atoms with van der Waals surface area (Å²) in [5.74, 6) is 0. The van der Waals surface area contributed by atoms with Crippen molar-refractivity contribution in [3.8, 4) is 5.69 Å².